The minimum absolute atomic E-state index is 0.188. The van der Waals surface area contributed by atoms with Crippen molar-refractivity contribution < 1.29 is 24.1 Å². The van der Waals surface area contributed by atoms with Gasteiger partial charge < -0.3 is 24.6 Å². The van der Waals surface area contributed by atoms with Gasteiger partial charge in [0.15, 0.2) is 0 Å². The summed E-state index contributed by atoms with van der Waals surface area (Å²) in [7, 11) is 1.41. The third-order valence-corrected chi connectivity index (χ3v) is 6.55. The van der Waals surface area contributed by atoms with Crippen LogP contribution < -0.4 is 10.1 Å². The van der Waals surface area contributed by atoms with E-state index >= 15 is 0 Å². The third-order valence-electron chi connectivity index (χ3n) is 6.55. The van der Waals surface area contributed by atoms with Gasteiger partial charge in [0.2, 0.25) is 0 Å². The topological polar surface area (TPSA) is 77.0 Å². The number of benzene rings is 2. The lowest BCUT2D eigenvalue weighted by molar-refractivity contribution is 0.0101. The lowest BCUT2D eigenvalue weighted by atomic mass is 9.87. The number of terminal acetylenes is 1. The van der Waals surface area contributed by atoms with Gasteiger partial charge in [-0.05, 0) is 79.8 Å². The zero-order chi connectivity index (χ0) is 27.2. The molecular formula is C31H43NO5. The van der Waals surface area contributed by atoms with Crippen LogP contribution in [0.25, 0.3) is 0 Å². The molecule has 1 unspecified atom stereocenters. The summed E-state index contributed by atoms with van der Waals surface area (Å²) in [5, 5.41) is 10.5. The molecule has 1 fully saturated rings. The molecule has 2 heterocycles. The second-order valence-electron chi connectivity index (χ2n) is 9.89. The van der Waals surface area contributed by atoms with E-state index in [9.17, 15) is 4.79 Å². The first-order chi connectivity index (χ1) is 17.8. The second-order valence-corrected chi connectivity index (χ2v) is 9.89. The van der Waals surface area contributed by atoms with Gasteiger partial charge >= 0.3 is 5.97 Å². The molecule has 2 aliphatic rings. The summed E-state index contributed by atoms with van der Waals surface area (Å²) in [6.07, 6.45) is 10.8. The SMILES string of the molecule is C#CO.CCc1ccc(NCC(C)C)cc1.COC(=O)c1cc(C)cc2c1OC(C1CCOCC1)CC2. The van der Waals surface area contributed by atoms with E-state index in [1.165, 1.54) is 24.5 Å². The summed E-state index contributed by atoms with van der Waals surface area (Å²) in [5.41, 5.74) is 5.38. The summed E-state index contributed by atoms with van der Waals surface area (Å²) in [6.45, 7) is 11.3. The number of fused-ring (bicyclic) bond motifs is 1. The van der Waals surface area contributed by atoms with Crippen molar-refractivity contribution in [2.45, 2.75) is 65.9 Å². The highest BCUT2D eigenvalue weighted by Gasteiger charge is 2.31. The van der Waals surface area contributed by atoms with Gasteiger partial charge in [-0.1, -0.05) is 45.4 Å². The van der Waals surface area contributed by atoms with Gasteiger partial charge in [0.25, 0.3) is 0 Å². The number of esters is 1. The Morgan fingerprint density at radius 2 is 1.84 bits per heavy atom. The molecule has 202 valence electrons. The summed E-state index contributed by atoms with van der Waals surface area (Å²) in [5.74, 6) is 1.64. The first-order valence-corrected chi connectivity index (χ1v) is 13.2. The normalized spacial score (nSPS) is 16.5. The fourth-order valence-electron chi connectivity index (χ4n) is 4.54. The van der Waals surface area contributed by atoms with Crippen LogP contribution in [0.3, 0.4) is 0 Å². The summed E-state index contributed by atoms with van der Waals surface area (Å²) >= 11 is 0. The van der Waals surface area contributed by atoms with Crippen molar-refractivity contribution in [1.29, 1.82) is 0 Å². The van der Waals surface area contributed by atoms with E-state index in [4.69, 9.17) is 19.3 Å². The number of aryl methyl sites for hydroxylation is 3. The van der Waals surface area contributed by atoms with Crippen LogP contribution in [0.5, 0.6) is 5.75 Å². The molecule has 2 aromatic rings. The minimum atomic E-state index is -0.317. The van der Waals surface area contributed by atoms with Crippen molar-refractivity contribution in [3.63, 3.8) is 0 Å². The van der Waals surface area contributed by atoms with E-state index in [1.54, 1.807) is 0 Å². The Morgan fingerprint density at radius 3 is 2.41 bits per heavy atom. The molecule has 0 bridgehead atoms. The monoisotopic (exact) mass is 509 g/mol. The average Bonchev–Trinajstić information content (AvgIpc) is 2.92. The van der Waals surface area contributed by atoms with Gasteiger partial charge in [-0.3, -0.25) is 0 Å². The van der Waals surface area contributed by atoms with E-state index in [-0.39, 0.29) is 12.1 Å². The molecule has 0 aliphatic carbocycles. The first-order valence-electron chi connectivity index (χ1n) is 13.2. The average molecular weight is 510 g/mol. The minimum Gasteiger partial charge on any atom is -0.489 e. The van der Waals surface area contributed by atoms with Crippen molar-refractivity contribution >= 4 is 11.7 Å². The Balaban J connectivity index is 0.000000258. The fourth-order valence-corrected chi connectivity index (χ4v) is 4.54. The molecule has 2 N–H and O–H groups in total. The molecule has 0 aromatic heterocycles. The molecule has 0 amide bonds. The quantitative estimate of drug-likeness (QED) is 0.358. The van der Waals surface area contributed by atoms with Crippen LogP contribution in [0.15, 0.2) is 36.4 Å². The Hall–Kier alpha value is -3.17. The molecule has 4 rings (SSSR count). The fraction of sp³-hybridized carbons (Fsp3) is 0.516. The van der Waals surface area contributed by atoms with Crippen LogP contribution in [-0.2, 0) is 22.3 Å². The number of carbonyl (C=O) groups excluding carboxylic acids is 1. The standard InChI is InChI=1S/C17H22O4.C12H19N.C2H2O/c1-11-9-13-3-4-15(12-5-7-20-8-6-12)21-16(13)14(10-11)17(18)19-2;1-4-11-5-7-12(8-6-11)13-9-10(2)3;1-2-3/h9-10,12,15H,3-8H2,1-2H3;5-8,10,13H,4,9H2,1-3H3;1,3H. The number of aliphatic hydroxyl groups is 1. The Morgan fingerprint density at radius 1 is 1.19 bits per heavy atom. The molecule has 2 aliphatic heterocycles. The lowest BCUT2D eigenvalue weighted by Gasteiger charge is -2.35. The van der Waals surface area contributed by atoms with E-state index in [0.717, 1.165) is 68.7 Å². The van der Waals surface area contributed by atoms with Crippen molar-refractivity contribution in [1.82, 2.24) is 0 Å². The number of methoxy groups -OCH3 is 1. The zero-order valence-corrected chi connectivity index (χ0v) is 23.0. The summed E-state index contributed by atoms with van der Waals surface area (Å²) in [6, 6.07) is 12.6. The maximum absolute atomic E-state index is 12.0. The Kier molecular flexibility index (Phi) is 12.9. The van der Waals surface area contributed by atoms with Gasteiger partial charge in [0, 0.05) is 31.4 Å². The van der Waals surface area contributed by atoms with E-state index in [1.807, 2.05) is 13.0 Å². The van der Waals surface area contributed by atoms with Crippen LogP contribution in [0.4, 0.5) is 5.69 Å². The predicted molar refractivity (Wildman–Crippen MR) is 149 cm³/mol. The van der Waals surface area contributed by atoms with Crippen molar-refractivity contribution in [2.75, 3.05) is 32.2 Å². The molecule has 2 aromatic carbocycles. The molecule has 1 saturated heterocycles. The number of hydrogen-bond donors (Lipinski definition) is 2. The van der Waals surface area contributed by atoms with E-state index in [2.05, 4.69) is 62.8 Å². The lowest BCUT2D eigenvalue weighted by Crippen LogP contribution is -2.35. The summed E-state index contributed by atoms with van der Waals surface area (Å²) in [4.78, 5) is 12.0. The number of hydrogen-bond acceptors (Lipinski definition) is 6. The number of ether oxygens (including phenoxy) is 3. The molecule has 0 spiro atoms. The number of aliphatic hydroxyl groups excluding tert-OH is 1. The second kappa shape index (κ2) is 15.8. The molecule has 37 heavy (non-hydrogen) atoms. The number of nitrogens with one attached hydrogen (secondary N) is 1. The molecular weight excluding hydrogens is 466 g/mol. The van der Waals surface area contributed by atoms with Gasteiger partial charge in [0.1, 0.15) is 23.5 Å². The highest BCUT2D eigenvalue weighted by molar-refractivity contribution is 5.93. The van der Waals surface area contributed by atoms with Gasteiger partial charge in [-0.15, -0.1) is 0 Å². The molecule has 0 radical (unpaired) electrons. The highest BCUT2D eigenvalue weighted by Crippen LogP contribution is 2.37. The van der Waals surface area contributed by atoms with Crippen LogP contribution in [0.1, 0.15) is 67.1 Å². The maximum atomic E-state index is 12.0. The molecule has 0 saturated carbocycles. The van der Waals surface area contributed by atoms with E-state index < -0.39 is 0 Å². The Bertz CT molecular complexity index is 1000. The molecule has 6 heteroatoms. The predicted octanol–water partition coefficient (Wildman–Crippen LogP) is 6.17. The van der Waals surface area contributed by atoms with Crippen molar-refractivity contribution in [2.24, 2.45) is 11.8 Å². The van der Waals surface area contributed by atoms with Gasteiger partial charge in [-0.25, -0.2) is 4.79 Å². The highest BCUT2D eigenvalue weighted by atomic mass is 16.5. The van der Waals surface area contributed by atoms with Crippen molar-refractivity contribution in [3.8, 4) is 18.3 Å². The van der Waals surface area contributed by atoms with Gasteiger partial charge in [0.05, 0.1) is 7.11 Å². The summed E-state index contributed by atoms with van der Waals surface area (Å²) < 4.78 is 16.5. The van der Waals surface area contributed by atoms with Crippen LogP contribution in [0.2, 0.25) is 0 Å². The first kappa shape index (κ1) is 30.1. The molecule has 1 atom stereocenters. The Labute approximate surface area is 222 Å². The van der Waals surface area contributed by atoms with Crippen LogP contribution in [0, 0.1) is 31.3 Å². The number of anilines is 1. The third kappa shape index (κ3) is 9.66. The van der Waals surface area contributed by atoms with Crippen molar-refractivity contribution in [3.05, 3.63) is 58.7 Å². The largest absolute Gasteiger partial charge is 0.489 e. The maximum Gasteiger partial charge on any atom is 0.341 e. The van der Waals surface area contributed by atoms with Gasteiger partial charge in [-0.2, -0.15) is 0 Å². The zero-order valence-electron chi connectivity index (χ0n) is 23.0. The molecule has 6 nitrogen and oxygen atoms in total. The van der Waals surface area contributed by atoms with E-state index in [0.29, 0.717) is 17.4 Å². The number of rotatable bonds is 6. The smallest absolute Gasteiger partial charge is 0.341 e. The van der Waals surface area contributed by atoms with Crippen LogP contribution in [-0.4, -0.2) is 44.0 Å². The van der Waals surface area contributed by atoms with Crippen LogP contribution >= 0.6 is 0 Å². The number of carbonyl (C=O) groups is 1.